The molecule has 0 aliphatic carbocycles. The van der Waals surface area contributed by atoms with Gasteiger partial charge in [0.2, 0.25) is 5.95 Å². The van der Waals surface area contributed by atoms with Gasteiger partial charge in [-0.15, -0.1) is 0 Å². The topological polar surface area (TPSA) is 82.5 Å². The molecule has 2 saturated heterocycles. The number of anilines is 3. The maximum Gasteiger partial charge on any atom is 0.421 e. The van der Waals surface area contributed by atoms with Crippen molar-refractivity contribution in [1.29, 1.82) is 0 Å². The first-order chi connectivity index (χ1) is 15.9. The highest BCUT2D eigenvalue weighted by molar-refractivity contribution is 5.62. The number of benzene rings is 1. The van der Waals surface area contributed by atoms with Gasteiger partial charge in [0.15, 0.2) is 0 Å². The summed E-state index contributed by atoms with van der Waals surface area (Å²) < 4.78 is 46.6. The summed E-state index contributed by atoms with van der Waals surface area (Å²) in [5.41, 5.74) is 0.507. The molecule has 0 unspecified atom stereocenters. The standard InChI is InChI=1S/C24H32F3N5O2/c1-15(2)31-23(13-34-14-23)17-6-7-19(16(3)10-17)29-21-28-11-18(24(25,26)27)20(30-21)32-9-5-8-22(4,33)12-32/h6-7,10-11,15,31,33H,5,8-9,12-14H2,1-4H3,(H,28,29,30)/t22-/m0/s1. The maximum absolute atomic E-state index is 13.7. The first kappa shape index (κ1) is 24.7. The second-order valence-electron chi connectivity index (χ2n) is 9.98. The minimum atomic E-state index is -4.60. The lowest BCUT2D eigenvalue weighted by Crippen LogP contribution is -2.59. The highest BCUT2D eigenvalue weighted by Crippen LogP contribution is 2.38. The van der Waals surface area contributed by atoms with Gasteiger partial charge in [0.1, 0.15) is 11.4 Å². The van der Waals surface area contributed by atoms with E-state index in [9.17, 15) is 18.3 Å². The van der Waals surface area contributed by atoms with Crippen LogP contribution in [0.1, 0.15) is 50.3 Å². The van der Waals surface area contributed by atoms with E-state index in [1.54, 1.807) is 6.92 Å². The number of aliphatic hydroxyl groups is 1. The number of aryl methyl sites for hydroxylation is 1. The summed E-state index contributed by atoms with van der Waals surface area (Å²) in [4.78, 5) is 9.68. The van der Waals surface area contributed by atoms with Crippen LogP contribution in [0, 0.1) is 6.92 Å². The van der Waals surface area contributed by atoms with Crippen molar-refractivity contribution in [2.24, 2.45) is 0 Å². The van der Waals surface area contributed by atoms with E-state index < -0.39 is 17.3 Å². The predicted molar refractivity (Wildman–Crippen MR) is 124 cm³/mol. The van der Waals surface area contributed by atoms with E-state index >= 15 is 0 Å². The molecule has 0 bridgehead atoms. The first-order valence-electron chi connectivity index (χ1n) is 11.5. The zero-order valence-corrected chi connectivity index (χ0v) is 20.0. The number of hydrogen-bond donors (Lipinski definition) is 3. The molecule has 186 valence electrons. The Balaban J connectivity index is 1.62. The van der Waals surface area contributed by atoms with Gasteiger partial charge in [0, 0.05) is 31.0 Å². The van der Waals surface area contributed by atoms with Crippen LogP contribution in [0.3, 0.4) is 0 Å². The van der Waals surface area contributed by atoms with Crippen LogP contribution in [0.5, 0.6) is 0 Å². The van der Waals surface area contributed by atoms with Crippen LogP contribution in [-0.4, -0.2) is 53.0 Å². The van der Waals surface area contributed by atoms with Crippen LogP contribution in [0.25, 0.3) is 0 Å². The SMILES string of the molecule is Cc1cc(C2(NC(C)C)COC2)ccc1Nc1ncc(C(F)(F)F)c(N2CCC[C@](C)(O)C2)n1. The molecule has 0 amide bonds. The smallest absolute Gasteiger partial charge is 0.388 e. The average Bonchev–Trinajstić information content (AvgIpc) is 2.70. The van der Waals surface area contributed by atoms with Crippen molar-refractivity contribution in [2.45, 2.75) is 63.9 Å². The van der Waals surface area contributed by atoms with Crippen LogP contribution in [0.15, 0.2) is 24.4 Å². The van der Waals surface area contributed by atoms with E-state index in [0.717, 1.165) is 17.3 Å². The summed E-state index contributed by atoms with van der Waals surface area (Å²) in [6.07, 6.45) is -2.68. The fourth-order valence-electron chi connectivity index (χ4n) is 4.69. The molecule has 4 rings (SSSR count). The summed E-state index contributed by atoms with van der Waals surface area (Å²) in [5.74, 6) is -0.142. The number of nitrogens with zero attached hydrogens (tertiary/aromatic N) is 3. The number of hydrogen-bond acceptors (Lipinski definition) is 7. The number of ether oxygens (including phenoxy) is 1. The van der Waals surface area contributed by atoms with Crippen molar-refractivity contribution >= 4 is 17.5 Å². The molecule has 3 N–H and O–H groups in total. The van der Waals surface area contributed by atoms with Crippen LogP contribution >= 0.6 is 0 Å². The monoisotopic (exact) mass is 479 g/mol. The van der Waals surface area contributed by atoms with Crippen LogP contribution in [-0.2, 0) is 16.5 Å². The van der Waals surface area contributed by atoms with Gasteiger partial charge in [-0.25, -0.2) is 4.98 Å². The highest BCUT2D eigenvalue weighted by atomic mass is 19.4. The van der Waals surface area contributed by atoms with E-state index in [0.29, 0.717) is 38.3 Å². The van der Waals surface area contributed by atoms with Gasteiger partial charge in [-0.3, -0.25) is 0 Å². The molecule has 0 saturated carbocycles. The molecular weight excluding hydrogens is 447 g/mol. The second kappa shape index (κ2) is 8.98. The molecule has 7 nitrogen and oxygen atoms in total. The molecule has 1 atom stereocenters. The molecule has 0 radical (unpaired) electrons. The lowest BCUT2D eigenvalue weighted by molar-refractivity contribution is -0.137. The predicted octanol–water partition coefficient (Wildman–Crippen LogP) is 4.12. The van der Waals surface area contributed by atoms with Gasteiger partial charge in [0.25, 0.3) is 0 Å². The third kappa shape index (κ3) is 5.13. The Morgan fingerprint density at radius 3 is 2.53 bits per heavy atom. The molecule has 10 heteroatoms. The van der Waals surface area contributed by atoms with Crippen molar-refractivity contribution in [3.05, 3.63) is 41.1 Å². The van der Waals surface area contributed by atoms with Crippen molar-refractivity contribution in [1.82, 2.24) is 15.3 Å². The van der Waals surface area contributed by atoms with E-state index in [1.165, 1.54) is 4.90 Å². The van der Waals surface area contributed by atoms with Crippen molar-refractivity contribution in [3.8, 4) is 0 Å². The summed E-state index contributed by atoms with van der Waals surface area (Å²) in [6, 6.07) is 6.21. The van der Waals surface area contributed by atoms with Crippen LogP contribution in [0.2, 0.25) is 0 Å². The lowest BCUT2D eigenvalue weighted by atomic mass is 9.86. The van der Waals surface area contributed by atoms with Gasteiger partial charge >= 0.3 is 6.18 Å². The number of rotatable bonds is 6. The Hall–Kier alpha value is -2.43. The Bertz CT molecular complexity index is 1040. The second-order valence-corrected chi connectivity index (χ2v) is 9.98. The Kier molecular flexibility index (Phi) is 6.52. The molecule has 1 aromatic heterocycles. The summed E-state index contributed by atoms with van der Waals surface area (Å²) in [7, 11) is 0. The van der Waals surface area contributed by atoms with Crippen LogP contribution in [0.4, 0.5) is 30.6 Å². The Morgan fingerprint density at radius 2 is 1.97 bits per heavy atom. The number of nitrogens with one attached hydrogen (secondary N) is 2. The summed E-state index contributed by atoms with van der Waals surface area (Å²) in [5, 5.41) is 17.1. The molecule has 2 fully saturated rings. The van der Waals surface area contributed by atoms with Crippen molar-refractivity contribution < 1.29 is 23.0 Å². The Morgan fingerprint density at radius 1 is 1.24 bits per heavy atom. The normalized spacial score (nSPS) is 22.6. The molecule has 34 heavy (non-hydrogen) atoms. The lowest BCUT2D eigenvalue weighted by Gasteiger charge is -2.44. The maximum atomic E-state index is 13.7. The molecule has 2 aliphatic rings. The van der Waals surface area contributed by atoms with E-state index in [-0.39, 0.29) is 29.9 Å². The third-order valence-corrected chi connectivity index (χ3v) is 6.34. The first-order valence-corrected chi connectivity index (χ1v) is 11.5. The van der Waals surface area contributed by atoms with Gasteiger partial charge < -0.3 is 25.4 Å². The van der Waals surface area contributed by atoms with Gasteiger partial charge in [-0.2, -0.15) is 18.2 Å². The number of β-amino-alcohol motifs (C(OH)–C–C–N with tert-alkyl or cyclic N) is 1. The third-order valence-electron chi connectivity index (χ3n) is 6.34. The summed E-state index contributed by atoms with van der Waals surface area (Å²) >= 11 is 0. The number of alkyl halides is 3. The molecule has 2 aromatic rings. The number of aromatic nitrogens is 2. The quantitative estimate of drug-likeness (QED) is 0.575. The number of halogens is 3. The zero-order valence-electron chi connectivity index (χ0n) is 20.0. The largest absolute Gasteiger partial charge is 0.421 e. The fraction of sp³-hybridized carbons (Fsp3) is 0.583. The molecule has 1 aromatic carbocycles. The highest BCUT2D eigenvalue weighted by Gasteiger charge is 2.41. The fourth-order valence-corrected chi connectivity index (χ4v) is 4.69. The van der Waals surface area contributed by atoms with E-state index in [2.05, 4.69) is 34.4 Å². The average molecular weight is 480 g/mol. The number of piperidine rings is 1. The van der Waals surface area contributed by atoms with Crippen molar-refractivity contribution in [2.75, 3.05) is 36.5 Å². The molecular formula is C24H32F3N5O2. The van der Waals surface area contributed by atoms with E-state index in [1.807, 2.05) is 25.1 Å². The van der Waals surface area contributed by atoms with Gasteiger partial charge in [-0.1, -0.05) is 12.1 Å². The van der Waals surface area contributed by atoms with Gasteiger partial charge in [-0.05, 0) is 57.7 Å². The zero-order chi connectivity index (χ0) is 24.7. The van der Waals surface area contributed by atoms with Crippen molar-refractivity contribution in [3.63, 3.8) is 0 Å². The molecule has 3 heterocycles. The van der Waals surface area contributed by atoms with Crippen LogP contribution < -0.4 is 15.5 Å². The summed E-state index contributed by atoms with van der Waals surface area (Å²) in [6.45, 7) is 9.37. The Labute approximate surface area is 197 Å². The van der Waals surface area contributed by atoms with Gasteiger partial charge in [0.05, 0.1) is 24.4 Å². The minimum Gasteiger partial charge on any atom is -0.388 e. The van der Waals surface area contributed by atoms with E-state index in [4.69, 9.17) is 4.74 Å². The minimum absolute atomic E-state index is 0.0751. The molecule has 2 aliphatic heterocycles. The molecule has 0 spiro atoms.